The minimum atomic E-state index is -0.559. The van der Waals surface area contributed by atoms with Gasteiger partial charge in [-0.1, -0.05) is 61.0 Å². The van der Waals surface area contributed by atoms with E-state index in [0.29, 0.717) is 22.3 Å². The van der Waals surface area contributed by atoms with Crippen molar-refractivity contribution in [2.75, 3.05) is 0 Å². The van der Waals surface area contributed by atoms with Crippen molar-refractivity contribution in [2.24, 2.45) is 0 Å². The van der Waals surface area contributed by atoms with Crippen molar-refractivity contribution >= 4 is 32.8 Å². The Morgan fingerprint density at radius 1 is 1.03 bits per heavy atom. The molecule has 0 saturated carbocycles. The number of rotatable bonds is 3. The van der Waals surface area contributed by atoms with Gasteiger partial charge in [0, 0.05) is 4.47 Å². The first-order valence-corrected chi connectivity index (χ1v) is 11.2. The average Bonchev–Trinajstić information content (AvgIpc) is 3.36. The van der Waals surface area contributed by atoms with Crippen molar-refractivity contribution in [3.63, 3.8) is 0 Å². The van der Waals surface area contributed by atoms with Gasteiger partial charge in [0.25, 0.3) is 5.91 Å². The lowest BCUT2D eigenvalue weighted by atomic mass is 9.86. The SMILES string of the molecule is CC(C)(C)c1ccc([C@@H]2c3c(oc4ccc(Br)cc4c3=O)C(=O)N2Cc2ccco2)cc1. The summed E-state index contributed by atoms with van der Waals surface area (Å²) in [4.78, 5) is 28.7. The first-order chi connectivity index (χ1) is 15.2. The molecule has 0 radical (unpaired) electrons. The van der Waals surface area contributed by atoms with Gasteiger partial charge in [-0.25, -0.2) is 0 Å². The summed E-state index contributed by atoms with van der Waals surface area (Å²) >= 11 is 3.43. The van der Waals surface area contributed by atoms with Crippen molar-refractivity contribution in [3.8, 4) is 0 Å². The zero-order chi connectivity index (χ0) is 22.6. The van der Waals surface area contributed by atoms with E-state index in [1.807, 2.05) is 18.2 Å². The summed E-state index contributed by atoms with van der Waals surface area (Å²) in [6, 6.07) is 16.4. The Hall–Kier alpha value is -3.12. The molecule has 2 aromatic heterocycles. The molecule has 1 atom stereocenters. The second-order valence-electron chi connectivity index (χ2n) is 9.10. The second-order valence-corrected chi connectivity index (χ2v) is 10.0. The number of nitrogens with zero attached hydrogens (tertiary/aromatic N) is 1. The summed E-state index contributed by atoms with van der Waals surface area (Å²) in [7, 11) is 0. The van der Waals surface area contributed by atoms with Crippen molar-refractivity contribution in [1.82, 2.24) is 4.90 Å². The molecule has 1 aliphatic rings. The molecule has 6 heteroatoms. The topological polar surface area (TPSA) is 63.7 Å². The fourth-order valence-corrected chi connectivity index (χ4v) is 4.60. The van der Waals surface area contributed by atoms with Crippen LogP contribution in [0, 0.1) is 0 Å². The minimum Gasteiger partial charge on any atom is -0.467 e. The lowest BCUT2D eigenvalue weighted by Crippen LogP contribution is -2.29. The molecule has 0 spiro atoms. The number of carbonyl (C=O) groups excluding carboxylic acids is 1. The number of carbonyl (C=O) groups is 1. The molecule has 0 aliphatic carbocycles. The number of hydrogen-bond acceptors (Lipinski definition) is 4. The monoisotopic (exact) mass is 491 g/mol. The third-order valence-electron chi connectivity index (χ3n) is 5.93. The van der Waals surface area contributed by atoms with Gasteiger partial charge in [0.2, 0.25) is 5.76 Å². The van der Waals surface area contributed by atoms with E-state index in [-0.39, 0.29) is 29.1 Å². The van der Waals surface area contributed by atoms with Crippen LogP contribution in [0.4, 0.5) is 0 Å². The third-order valence-corrected chi connectivity index (χ3v) is 6.42. The van der Waals surface area contributed by atoms with Crippen LogP contribution in [-0.4, -0.2) is 10.8 Å². The van der Waals surface area contributed by atoms with Crippen LogP contribution in [0.3, 0.4) is 0 Å². The first-order valence-electron chi connectivity index (χ1n) is 10.4. The molecular formula is C26H22BrNO4. The molecule has 3 heterocycles. The minimum absolute atomic E-state index is 0.00268. The van der Waals surface area contributed by atoms with Gasteiger partial charge in [-0.15, -0.1) is 0 Å². The zero-order valence-electron chi connectivity index (χ0n) is 18.0. The maximum absolute atomic E-state index is 13.6. The summed E-state index contributed by atoms with van der Waals surface area (Å²) in [5.74, 6) is 0.423. The average molecular weight is 492 g/mol. The summed E-state index contributed by atoms with van der Waals surface area (Å²) in [6.07, 6.45) is 1.57. The number of benzene rings is 2. The van der Waals surface area contributed by atoms with Crippen LogP contribution in [0.1, 0.15) is 59.8 Å². The van der Waals surface area contributed by atoms with Gasteiger partial charge in [0.1, 0.15) is 11.3 Å². The molecule has 1 aliphatic heterocycles. The molecule has 5 rings (SSSR count). The Bertz CT molecular complexity index is 1380. The van der Waals surface area contributed by atoms with Crippen LogP contribution < -0.4 is 5.43 Å². The Morgan fingerprint density at radius 3 is 2.44 bits per heavy atom. The maximum Gasteiger partial charge on any atom is 0.291 e. The summed E-state index contributed by atoms with van der Waals surface area (Å²) < 4.78 is 12.3. The van der Waals surface area contributed by atoms with E-state index in [2.05, 4.69) is 48.8 Å². The molecule has 0 N–H and O–H groups in total. The van der Waals surface area contributed by atoms with Crippen LogP contribution in [0.15, 0.2) is 79.0 Å². The summed E-state index contributed by atoms with van der Waals surface area (Å²) in [6.45, 7) is 6.69. The number of hydrogen-bond donors (Lipinski definition) is 0. The highest BCUT2D eigenvalue weighted by molar-refractivity contribution is 9.10. The molecule has 4 aromatic rings. The normalized spacial score (nSPS) is 16.1. The second kappa shape index (κ2) is 7.48. The van der Waals surface area contributed by atoms with Crippen molar-refractivity contribution < 1.29 is 13.6 Å². The Kier molecular flexibility index (Phi) is 4.86. The molecule has 0 saturated heterocycles. The third kappa shape index (κ3) is 3.39. The van der Waals surface area contributed by atoms with Crippen molar-refractivity contribution in [1.29, 1.82) is 0 Å². The smallest absolute Gasteiger partial charge is 0.291 e. The van der Waals surface area contributed by atoms with Crippen molar-refractivity contribution in [2.45, 2.75) is 38.8 Å². The molecular weight excluding hydrogens is 470 g/mol. The van der Waals surface area contributed by atoms with E-state index in [9.17, 15) is 9.59 Å². The number of furan rings is 1. The molecule has 0 bridgehead atoms. The van der Waals surface area contributed by atoms with Gasteiger partial charge in [-0.05, 0) is 46.9 Å². The van der Waals surface area contributed by atoms with E-state index in [1.165, 1.54) is 5.56 Å². The van der Waals surface area contributed by atoms with Gasteiger partial charge >= 0.3 is 0 Å². The lowest BCUT2D eigenvalue weighted by molar-refractivity contribution is 0.0701. The highest BCUT2D eigenvalue weighted by Crippen LogP contribution is 2.40. The van der Waals surface area contributed by atoms with Crippen molar-refractivity contribution in [3.05, 3.63) is 104 Å². The van der Waals surface area contributed by atoms with E-state index < -0.39 is 6.04 Å². The number of halogens is 1. The van der Waals surface area contributed by atoms with Crippen LogP contribution in [0.25, 0.3) is 11.0 Å². The fraction of sp³-hybridized carbons (Fsp3) is 0.231. The van der Waals surface area contributed by atoms with Crippen LogP contribution in [0.5, 0.6) is 0 Å². The van der Waals surface area contributed by atoms with Gasteiger partial charge < -0.3 is 13.7 Å². The van der Waals surface area contributed by atoms with Gasteiger partial charge in [-0.3, -0.25) is 9.59 Å². The number of fused-ring (bicyclic) bond motifs is 2. The Morgan fingerprint density at radius 2 is 1.78 bits per heavy atom. The molecule has 162 valence electrons. The molecule has 0 fully saturated rings. The summed E-state index contributed by atoms with van der Waals surface area (Å²) in [5, 5.41) is 0.446. The number of amides is 1. The van der Waals surface area contributed by atoms with Crippen LogP contribution in [-0.2, 0) is 12.0 Å². The zero-order valence-corrected chi connectivity index (χ0v) is 19.6. The highest BCUT2D eigenvalue weighted by atomic mass is 79.9. The Labute approximate surface area is 193 Å². The standard InChI is InChI=1S/C26H22BrNO4/c1-26(2,3)16-8-6-15(7-9-16)22-21-23(29)19-13-17(27)10-11-20(19)32-24(21)25(30)28(22)14-18-5-4-12-31-18/h4-13,22H,14H2,1-3H3/t22-/m1/s1. The van der Waals surface area contributed by atoms with Gasteiger partial charge in [0.15, 0.2) is 5.43 Å². The van der Waals surface area contributed by atoms with E-state index in [0.717, 1.165) is 10.0 Å². The van der Waals surface area contributed by atoms with Gasteiger partial charge in [-0.2, -0.15) is 0 Å². The van der Waals surface area contributed by atoms with Crippen LogP contribution >= 0.6 is 15.9 Å². The molecule has 32 heavy (non-hydrogen) atoms. The summed E-state index contributed by atoms with van der Waals surface area (Å²) in [5.41, 5.74) is 2.61. The van der Waals surface area contributed by atoms with Gasteiger partial charge in [0.05, 0.1) is 29.8 Å². The lowest BCUT2D eigenvalue weighted by Gasteiger charge is -2.25. The fourth-order valence-electron chi connectivity index (χ4n) is 4.24. The van der Waals surface area contributed by atoms with E-state index >= 15 is 0 Å². The molecule has 1 amide bonds. The quantitative estimate of drug-likeness (QED) is 0.342. The predicted octanol–water partition coefficient (Wildman–Crippen LogP) is 6.19. The molecule has 5 nitrogen and oxygen atoms in total. The largest absolute Gasteiger partial charge is 0.467 e. The highest BCUT2D eigenvalue weighted by Gasteiger charge is 2.43. The Balaban J connectivity index is 1.71. The molecule has 0 unspecified atom stereocenters. The van der Waals surface area contributed by atoms with Crippen LogP contribution in [0.2, 0.25) is 0 Å². The predicted molar refractivity (Wildman–Crippen MR) is 126 cm³/mol. The van der Waals surface area contributed by atoms with E-state index in [1.54, 1.807) is 35.4 Å². The first kappa shape index (κ1) is 20.8. The van der Waals surface area contributed by atoms with E-state index in [4.69, 9.17) is 8.83 Å². The maximum atomic E-state index is 13.6. The molecule has 2 aromatic carbocycles.